The molecule has 1 saturated heterocycles. The average molecular weight is 254 g/mol. The van der Waals surface area contributed by atoms with E-state index < -0.39 is 17.5 Å². The van der Waals surface area contributed by atoms with Crippen molar-refractivity contribution in [1.82, 2.24) is 10.6 Å². The molecule has 4 nitrogen and oxygen atoms in total. The molecule has 1 aromatic carbocycles. The second kappa shape index (κ2) is 5.12. The predicted octanol–water partition coefficient (Wildman–Crippen LogP) is 0.973. The van der Waals surface area contributed by atoms with Crippen LogP contribution in [0.3, 0.4) is 0 Å². The minimum absolute atomic E-state index is 0.0500. The van der Waals surface area contributed by atoms with Crippen molar-refractivity contribution in [2.75, 3.05) is 6.54 Å². The molecule has 1 aliphatic heterocycles. The number of hydrogen-bond donors (Lipinski definition) is 2. The van der Waals surface area contributed by atoms with Gasteiger partial charge in [0.05, 0.1) is 0 Å². The number of amides is 2. The molecule has 0 radical (unpaired) electrons. The summed E-state index contributed by atoms with van der Waals surface area (Å²) in [5.74, 6) is -2.20. The van der Waals surface area contributed by atoms with Crippen LogP contribution in [0.4, 0.5) is 8.78 Å². The van der Waals surface area contributed by atoms with Crippen LogP contribution in [0.15, 0.2) is 18.2 Å². The van der Waals surface area contributed by atoms with Gasteiger partial charge in [-0.1, -0.05) is 0 Å². The molecule has 1 heterocycles. The van der Waals surface area contributed by atoms with Gasteiger partial charge in [0, 0.05) is 30.6 Å². The van der Waals surface area contributed by atoms with E-state index in [1.54, 1.807) is 0 Å². The van der Waals surface area contributed by atoms with Gasteiger partial charge in [0.1, 0.15) is 11.6 Å². The standard InChI is InChI=1S/C12H12F2N2O2/c13-8-3-7(4-9(14)5-8)12(18)15-6-10-1-2-11(17)16-10/h3-5,10H,1-2,6H2,(H,15,18)(H,16,17). The third-order valence-corrected chi connectivity index (χ3v) is 2.72. The van der Waals surface area contributed by atoms with E-state index in [9.17, 15) is 18.4 Å². The molecule has 1 aliphatic rings. The highest BCUT2D eigenvalue weighted by Gasteiger charge is 2.21. The van der Waals surface area contributed by atoms with Crippen LogP contribution in [0.5, 0.6) is 0 Å². The summed E-state index contributed by atoms with van der Waals surface area (Å²) in [6.45, 7) is 0.253. The molecule has 1 unspecified atom stereocenters. The van der Waals surface area contributed by atoms with E-state index in [0.29, 0.717) is 18.9 Å². The Hall–Kier alpha value is -1.98. The van der Waals surface area contributed by atoms with E-state index in [-0.39, 0.29) is 24.1 Å². The van der Waals surface area contributed by atoms with Gasteiger partial charge in [-0.15, -0.1) is 0 Å². The molecule has 2 N–H and O–H groups in total. The van der Waals surface area contributed by atoms with E-state index in [1.165, 1.54) is 0 Å². The molecule has 1 fully saturated rings. The number of nitrogens with one attached hydrogen (secondary N) is 2. The number of halogens is 2. The zero-order chi connectivity index (χ0) is 13.1. The highest BCUT2D eigenvalue weighted by molar-refractivity contribution is 5.94. The van der Waals surface area contributed by atoms with Crippen molar-refractivity contribution in [1.29, 1.82) is 0 Å². The minimum atomic E-state index is -0.797. The first-order chi connectivity index (χ1) is 8.54. The zero-order valence-corrected chi connectivity index (χ0v) is 9.50. The van der Waals surface area contributed by atoms with Gasteiger partial charge in [-0.3, -0.25) is 9.59 Å². The quantitative estimate of drug-likeness (QED) is 0.844. The molecular formula is C12H12F2N2O2. The Bertz CT molecular complexity index is 471. The first-order valence-electron chi connectivity index (χ1n) is 5.58. The molecule has 0 aromatic heterocycles. The fourth-order valence-corrected chi connectivity index (χ4v) is 1.83. The van der Waals surface area contributed by atoms with Crippen molar-refractivity contribution in [3.8, 4) is 0 Å². The van der Waals surface area contributed by atoms with Crippen LogP contribution in [0.25, 0.3) is 0 Å². The minimum Gasteiger partial charge on any atom is -0.352 e. The largest absolute Gasteiger partial charge is 0.352 e. The summed E-state index contributed by atoms with van der Waals surface area (Å²) in [6, 6.07) is 2.52. The summed E-state index contributed by atoms with van der Waals surface area (Å²) in [7, 11) is 0. The van der Waals surface area contributed by atoms with Crippen molar-refractivity contribution < 1.29 is 18.4 Å². The van der Waals surface area contributed by atoms with Crippen molar-refractivity contribution in [3.05, 3.63) is 35.4 Å². The Labute approximate surface area is 102 Å². The van der Waals surface area contributed by atoms with Gasteiger partial charge in [0.25, 0.3) is 5.91 Å². The Morgan fingerprint density at radius 1 is 1.33 bits per heavy atom. The molecule has 6 heteroatoms. The van der Waals surface area contributed by atoms with Gasteiger partial charge in [-0.25, -0.2) is 8.78 Å². The van der Waals surface area contributed by atoms with Gasteiger partial charge < -0.3 is 10.6 Å². The third kappa shape index (κ3) is 3.03. The number of rotatable bonds is 3. The lowest BCUT2D eigenvalue weighted by atomic mass is 10.2. The first kappa shape index (κ1) is 12.5. The molecule has 0 spiro atoms. The van der Waals surface area contributed by atoms with Gasteiger partial charge in [0.2, 0.25) is 5.91 Å². The number of carbonyl (C=O) groups excluding carboxylic acids is 2. The van der Waals surface area contributed by atoms with Crippen LogP contribution >= 0.6 is 0 Å². The maximum atomic E-state index is 12.9. The van der Waals surface area contributed by atoms with E-state index in [4.69, 9.17) is 0 Å². The van der Waals surface area contributed by atoms with Crippen LogP contribution < -0.4 is 10.6 Å². The van der Waals surface area contributed by atoms with Crippen molar-refractivity contribution >= 4 is 11.8 Å². The molecular weight excluding hydrogens is 242 g/mol. The molecule has 0 aliphatic carbocycles. The molecule has 2 amide bonds. The van der Waals surface area contributed by atoms with Gasteiger partial charge in [-0.05, 0) is 18.6 Å². The summed E-state index contributed by atoms with van der Waals surface area (Å²) < 4.78 is 25.8. The van der Waals surface area contributed by atoms with Gasteiger partial charge in [0.15, 0.2) is 0 Å². The Kier molecular flexibility index (Phi) is 3.55. The normalized spacial score (nSPS) is 18.6. The van der Waals surface area contributed by atoms with Crippen LogP contribution in [-0.2, 0) is 4.79 Å². The second-order valence-electron chi connectivity index (χ2n) is 4.17. The summed E-state index contributed by atoms with van der Waals surface area (Å²) in [6.07, 6.45) is 1.09. The van der Waals surface area contributed by atoms with E-state index in [2.05, 4.69) is 10.6 Å². The highest BCUT2D eigenvalue weighted by Crippen LogP contribution is 2.09. The smallest absolute Gasteiger partial charge is 0.251 e. The maximum absolute atomic E-state index is 12.9. The highest BCUT2D eigenvalue weighted by atomic mass is 19.1. The monoisotopic (exact) mass is 254 g/mol. The first-order valence-corrected chi connectivity index (χ1v) is 5.58. The van der Waals surface area contributed by atoms with E-state index in [1.807, 2.05) is 0 Å². The van der Waals surface area contributed by atoms with Crippen molar-refractivity contribution in [2.45, 2.75) is 18.9 Å². The Morgan fingerprint density at radius 2 is 2.00 bits per heavy atom. The Balaban J connectivity index is 1.93. The molecule has 0 bridgehead atoms. The molecule has 2 rings (SSSR count). The van der Waals surface area contributed by atoms with Crippen molar-refractivity contribution in [3.63, 3.8) is 0 Å². The lowest BCUT2D eigenvalue weighted by molar-refractivity contribution is -0.119. The average Bonchev–Trinajstić information content (AvgIpc) is 2.70. The van der Waals surface area contributed by atoms with Crippen LogP contribution in [0, 0.1) is 11.6 Å². The van der Waals surface area contributed by atoms with Gasteiger partial charge in [-0.2, -0.15) is 0 Å². The van der Waals surface area contributed by atoms with E-state index >= 15 is 0 Å². The van der Waals surface area contributed by atoms with E-state index in [0.717, 1.165) is 12.1 Å². The van der Waals surface area contributed by atoms with Crippen LogP contribution in [-0.4, -0.2) is 24.4 Å². The summed E-state index contributed by atoms with van der Waals surface area (Å²) in [5, 5.41) is 5.21. The third-order valence-electron chi connectivity index (χ3n) is 2.72. The Morgan fingerprint density at radius 3 is 2.56 bits per heavy atom. The summed E-state index contributed by atoms with van der Waals surface area (Å²) >= 11 is 0. The fraction of sp³-hybridized carbons (Fsp3) is 0.333. The van der Waals surface area contributed by atoms with Crippen LogP contribution in [0.2, 0.25) is 0 Å². The predicted molar refractivity (Wildman–Crippen MR) is 59.9 cm³/mol. The molecule has 18 heavy (non-hydrogen) atoms. The summed E-state index contributed by atoms with van der Waals surface area (Å²) in [4.78, 5) is 22.6. The molecule has 1 atom stereocenters. The SMILES string of the molecule is O=C1CCC(CNC(=O)c2cc(F)cc(F)c2)N1. The maximum Gasteiger partial charge on any atom is 0.251 e. The number of benzene rings is 1. The summed E-state index contributed by atoms with van der Waals surface area (Å²) in [5.41, 5.74) is -0.0724. The molecule has 0 saturated carbocycles. The second-order valence-corrected chi connectivity index (χ2v) is 4.17. The lowest BCUT2D eigenvalue weighted by Crippen LogP contribution is -2.38. The van der Waals surface area contributed by atoms with Crippen LogP contribution in [0.1, 0.15) is 23.2 Å². The molecule has 96 valence electrons. The van der Waals surface area contributed by atoms with Crippen molar-refractivity contribution in [2.24, 2.45) is 0 Å². The zero-order valence-electron chi connectivity index (χ0n) is 9.50. The van der Waals surface area contributed by atoms with Gasteiger partial charge >= 0.3 is 0 Å². The topological polar surface area (TPSA) is 58.2 Å². The lowest BCUT2D eigenvalue weighted by Gasteiger charge is -2.11. The fourth-order valence-electron chi connectivity index (χ4n) is 1.83. The number of hydrogen-bond acceptors (Lipinski definition) is 2. The number of carbonyl (C=O) groups is 2. The molecule has 1 aromatic rings.